The van der Waals surface area contributed by atoms with E-state index >= 15 is 0 Å². The molecule has 3 rings (SSSR count). The van der Waals surface area contributed by atoms with Gasteiger partial charge in [-0.1, -0.05) is 121 Å². The van der Waals surface area contributed by atoms with Crippen LogP contribution >= 0.6 is 54.0 Å². The van der Waals surface area contributed by atoms with Gasteiger partial charge in [0.25, 0.3) is 0 Å². The molecule has 0 saturated heterocycles. The Labute approximate surface area is 211 Å². The molecular weight excluding hydrogens is 509 g/mol. The molecule has 0 amide bonds. The third-order valence-corrected chi connectivity index (χ3v) is 9.11. The number of halogens is 4. The number of fused-ring (bicyclic) bond motifs is 1. The summed E-state index contributed by atoms with van der Waals surface area (Å²) in [6.07, 6.45) is 0. The van der Waals surface area contributed by atoms with E-state index in [0.29, 0.717) is 5.30 Å². The lowest BCUT2D eigenvalue weighted by Gasteiger charge is -2.34. The van der Waals surface area contributed by atoms with Crippen LogP contribution in [-0.2, 0) is 20.8 Å². The van der Waals surface area contributed by atoms with Crippen molar-refractivity contribution in [2.75, 3.05) is 0 Å². The minimum absolute atomic E-state index is 0.0229. The summed E-state index contributed by atoms with van der Waals surface area (Å²) in [7, 11) is -3.92. The Kier molecular flexibility index (Phi) is 6.50. The molecule has 0 aromatic heterocycles. The van der Waals surface area contributed by atoms with Crippen LogP contribution in [0.1, 0.15) is 79.0 Å². The van der Waals surface area contributed by atoms with Crippen LogP contribution in [0.15, 0.2) is 12.1 Å². The maximum absolute atomic E-state index is 14.4. The number of hydrogen-bond donors (Lipinski definition) is 0. The van der Waals surface area contributed by atoms with Gasteiger partial charge in [0.2, 0.25) is 0 Å². The number of benzene rings is 2. The Morgan fingerprint density at radius 3 is 1.25 bits per heavy atom. The van der Waals surface area contributed by atoms with Gasteiger partial charge in [-0.15, -0.1) is 0 Å². The molecule has 0 spiro atoms. The highest BCUT2D eigenvalue weighted by Crippen LogP contribution is 2.65. The number of hydrogen-bond acceptors (Lipinski definition) is 3. The van der Waals surface area contributed by atoms with Crippen molar-refractivity contribution in [3.63, 3.8) is 0 Å². The molecule has 2 aromatic carbocycles. The second-order valence-corrected chi connectivity index (χ2v) is 14.6. The van der Waals surface area contributed by atoms with E-state index in [1.807, 2.05) is 0 Å². The quantitative estimate of drug-likeness (QED) is 0.206. The van der Waals surface area contributed by atoms with Crippen LogP contribution in [0, 0.1) is 0 Å². The fraction of sp³-hybridized carbons (Fsp3) is 0.500. The van der Waals surface area contributed by atoms with Crippen molar-refractivity contribution in [3.05, 3.63) is 48.9 Å². The zero-order chi connectivity index (χ0) is 24.6. The van der Waals surface area contributed by atoms with Crippen LogP contribution in [0.2, 0.25) is 20.1 Å². The van der Waals surface area contributed by atoms with E-state index in [2.05, 4.69) is 74.4 Å². The smallest absolute Gasteiger partial charge is 0.407 e. The SMILES string of the molecule is CC(C)(C)c1cc(C(C)(C)C)c(P2(=O)Oc3c(Cl)c(Cl)c(Cl)c(Cl)c3O2)c(C(C)(C)C)c1. The maximum Gasteiger partial charge on any atom is 0.463 e. The Hall–Kier alpha value is -0.570. The molecule has 0 bridgehead atoms. The van der Waals surface area contributed by atoms with Gasteiger partial charge in [-0.3, -0.25) is 0 Å². The Bertz CT molecular complexity index is 1080. The van der Waals surface area contributed by atoms with E-state index in [1.165, 1.54) is 0 Å². The largest absolute Gasteiger partial charge is 0.463 e. The highest BCUT2D eigenvalue weighted by Gasteiger charge is 2.48. The van der Waals surface area contributed by atoms with E-state index < -0.39 is 7.60 Å². The molecule has 3 nitrogen and oxygen atoms in total. The predicted molar refractivity (Wildman–Crippen MR) is 138 cm³/mol. The summed E-state index contributed by atoms with van der Waals surface area (Å²) in [6.45, 7) is 18.9. The van der Waals surface area contributed by atoms with Crippen molar-refractivity contribution in [2.45, 2.75) is 78.6 Å². The third kappa shape index (κ3) is 4.41. The molecule has 0 fully saturated rings. The van der Waals surface area contributed by atoms with Gasteiger partial charge in [0.05, 0.1) is 15.3 Å². The first-order valence-corrected chi connectivity index (χ1v) is 13.4. The van der Waals surface area contributed by atoms with Crippen LogP contribution in [0.4, 0.5) is 0 Å². The topological polar surface area (TPSA) is 35.5 Å². The molecule has 0 radical (unpaired) electrons. The summed E-state index contributed by atoms with van der Waals surface area (Å²) in [5.41, 5.74) is 2.10. The predicted octanol–water partition coefficient (Wildman–Crippen LogP) is 9.48. The molecule has 1 aliphatic heterocycles. The Balaban J connectivity index is 2.40. The molecule has 2 aromatic rings. The van der Waals surface area contributed by atoms with Crippen molar-refractivity contribution >= 4 is 59.3 Å². The fourth-order valence-corrected chi connectivity index (χ4v) is 7.05. The maximum atomic E-state index is 14.4. The van der Waals surface area contributed by atoms with Gasteiger partial charge in [-0.25, -0.2) is 4.57 Å². The molecular formula is C24H29Cl4O3P. The lowest BCUT2D eigenvalue weighted by Crippen LogP contribution is -2.34. The highest BCUT2D eigenvalue weighted by atomic mass is 35.5. The molecule has 0 aliphatic carbocycles. The summed E-state index contributed by atoms with van der Waals surface area (Å²) in [4.78, 5) is 0. The van der Waals surface area contributed by atoms with Gasteiger partial charge in [0.15, 0.2) is 11.5 Å². The van der Waals surface area contributed by atoms with Gasteiger partial charge in [0.1, 0.15) is 10.0 Å². The third-order valence-electron chi connectivity index (χ3n) is 5.47. The van der Waals surface area contributed by atoms with E-state index in [9.17, 15) is 4.57 Å². The van der Waals surface area contributed by atoms with Gasteiger partial charge in [0, 0.05) is 0 Å². The van der Waals surface area contributed by atoms with Crippen LogP contribution in [-0.4, -0.2) is 0 Å². The van der Waals surface area contributed by atoms with E-state index in [1.54, 1.807) is 0 Å². The first kappa shape index (κ1) is 26.0. The van der Waals surface area contributed by atoms with Crippen LogP contribution in [0.5, 0.6) is 11.5 Å². The average molecular weight is 538 g/mol. The molecule has 0 unspecified atom stereocenters. The summed E-state index contributed by atoms with van der Waals surface area (Å²) in [6, 6.07) is 4.20. The normalized spacial score (nSPS) is 15.9. The van der Waals surface area contributed by atoms with Gasteiger partial charge >= 0.3 is 7.60 Å². The molecule has 0 atom stereocenters. The van der Waals surface area contributed by atoms with Crippen LogP contribution in [0.25, 0.3) is 0 Å². The lowest BCUT2D eigenvalue weighted by molar-refractivity contribution is 0.441. The second-order valence-electron chi connectivity index (χ2n) is 11.3. The molecule has 176 valence electrons. The van der Waals surface area contributed by atoms with E-state index in [4.69, 9.17) is 55.5 Å². The van der Waals surface area contributed by atoms with E-state index in [0.717, 1.165) is 16.7 Å². The van der Waals surface area contributed by atoms with Crippen molar-refractivity contribution in [3.8, 4) is 11.5 Å². The summed E-state index contributed by atoms with van der Waals surface area (Å²) >= 11 is 25.2. The summed E-state index contributed by atoms with van der Waals surface area (Å²) in [5, 5.41) is 0.638. The van der Waals surface area contributed by atoms with Crippen molar-refractivity contribution < 1.29 is 13.6 Å². The van der Waals surface area contributed by atoms with Crippen molar-refractivity contribution in [1.29, 1.82) is 0 Å². The molecule has 1 aliphatic rings. The molecule has 0 N–H and O–H groups in total. The zero-order valence-corrected chi connectivity index (χ0v) is 23.8. The van der Waals surface area contributed by atoms with Gasteiger partial charge in [-0.2, -0.15) is 0 Å². The first-order valence-electron chi connectivity index (χ1n) is 10.3. The van der Waals surface area contributed by atoms with Crippen molar-refractivity contribution in [1.82, 2.24) is 0 Å². The van der Waals surface area contributed by atoms with Crippen LogP contribution < -0.4 is 14.4 Å². The van der Waals surface area contributed by atoms with Crippen LogP contribution in [0.3, 0.4) is 0 Å². The minimum Gasteiger partial charge on any atom is -0.407 e. The number of rotatable bonds is 1. The fourth-order valence-electron chi connectivity index (χ4n) is 3.61. The summed E-state index contributed by atoms with van der Waals surface area (Å²) in [5.74, 6) is 0.100. The zero-order valence-electron chi connectivity index (χ0n) is 19.8. The lowest BCUT2D eigenvalue weighted by atomic mass is 9.75. The first-order chi connectivity index (χ1) is 14.3. The molecule has 1 heterocycles. The van der Waals surface area contributed by atoms with Gasteiger partial charge in [-0.05, 0) is 32.9 Å². The van der Waals surface area contributed by atoms with E-state index in [-0.39, 0.29) is 47.8 Å². The molecule has 32 heavy (non-hydrogen) atoms. The summed E-state index contributed by atoms with van der Waals surface area (Å²) < 4.78 is 26.4. The van der Waals surface area contributed by atoms with Crippen molar-refractivity contribution in [2.24, 2.45) is 0 Å². The standard InChI is InChI=1S/C24H29Cl4O3P/c1-22(2,3)12-10-13(23(4,5)6)21(14(11-12)24(7,8)9)32(29)30-19-17(27)15(25)16(26)18(28)20(19)31-32/h10-11H,1-9H3. The second kappa shape index (κ2) is 7.99. The minimum atomic E-state index is -3.92. The monoisotopic (exact) mass is 536 g/mol. The average Bonchev–Trinajstić information content (AvgIpc) is 3.00. The highest BCUT2D eigenvalue weighted by molar-refractivity contribution is 7.63. The van der Waals surface area contributed by atoms with Gasteiger partial charge < -0.3 is 9.05 Å². The Morgan fingerprint density at radius 1 is 0.625 bits per heavy atom. The molecule has 0 saturated carbocycles. The Morgan fingerprint density at radius 2 is 0.969 bits per heavy atom. The molecule has 8 heteroatoms.